The van der Waals surface area contributed by atoms with Crippen LogP contribution in [0.2, 0.25) is 0 Å². The first-order chi connectivity index (χ1) is 10.5. The summed E-state index contributed by atoms with van der Waals surface area (Å²) in [6.07, 6.45) is 1.95. The summed E-state index contributed by atoms with van der Waals surface area (Å²) in [4.78, 5) is 5.73. The third kappa shape index (κ3) is 4.80. The Labute approximate surface area is 136 Å². The fourth-order valence-corrected chi connectivity index (χ4v) is 2.94. The van der Waals surface area contributed by atoms with Crippen molar-refractivity contribution in [3.05, 3.63) is 45.9 Å². The van der Waals surface area contributed by atoms with Crippen LogP contribution in [-0.2, 0) is 18.5 Å². The monoisotopic (exact) mass is 320 g/mol. The van der Waals surface area contributed by atoms with Crippen LogP contribution in [0.3, 0.4) is 0 Å². The number of aliphatic hydroxyl groups is 1. The minimum Gasteiger partial charge on any atom is -0.491 e. The maximum absolute atomic E-state index is 8.86. The van der Waals surface area contributed by atoms with E-state index in [4.69, 9.17) is 9.84 Å². The molecule has 0 atom stereocenters. The highest BCUT2D eigenvalue weighted by Gasteiger charge is 2.17. The molecule has 2 aromatic rings. The average molecular weight is 320 g/mol. The van der Waals surface area contributed by atoms with E-state index >= 15 is 0 Å². The van der Waals surface area contributed by atoms with E-state index in [2.05, 4.69) is 31.1 Å². The van der Waals surface area contributed by atoms with Gasteiger partial charge in [0.15, 0.2) is 0 Å². The molecule has 0 spiro atoms. The maximum Gasteiger partial charge on any atom is 0.123 e. The van der Waals surface area contributed by atoms with Crippen molar-refractivity contribution in [2.45, 2.75) is 39.3 Å². The Bertz CT molecular complexity index is 590. The minimum atomic E-state index is 0.0260. The largest absolute Gasteiger partial charge is 0.491 e. The normalized spacial score (nSPS) is 11.6. The fraction of sp³-hybridized carbons (Fsp3) is 0.471. The first-order valence-electron chi connectivity index (χ1n) is 7.48. The molecule has 1 aromatic heterocycles. The Hall–Kier alpha value is -1.43. The quantitative estimate of drug-likeness (QED) is 0.823. The summed E-state index contributed by atoms with van der Waals surface area (Å²) in [5.74, 6) is 0.823. The van der Waals surface area contributed by atoms with Crippen molar-refractivity contribution in [3.8, 4) is 5.75 Å². The highest BCUT2D eigenvalue weighted by molar-refractivity contribution is 7.11. The second kappa shape index (κ2) is 7.72. The van der Waals surface area contributed by atoms with Gasteiger partial charge in [-0.05, 0) is 6.07 Å². The highest BCUT2D eigenvalue weighted by atomic mass is 32.1. The number of aliphatic hydroxyl groups excluding tert-OH is 1. The second-order valence-electron chi connectivity index (χ2n) is 6.17. The number of hydrogen-bond donors (Lipinski definition) is 2. The summed E-state index contributed by atoms with van der Waals surface area (Å²) < 4.78 is 5.54. The van der Waals surface area contributed by atoms with Crippen molar-refractivity contribution < 1.29 is 9.84 Å². The zero-order chi connectivity index (χ0) is 16.0. The van der Waals surface area contributed by atoms with E-state index in [1.165, 1.54) is 4.88 Å². The molecule has 0 amide bonds. The SMILES string of the molecule is CC(C)(C)c1ncc(CNCc2ccccc2OCCO)s1. The molecule has 0 fully saturated rings. The van der Waals surface area contributed by atoms with E-state index in [1.807, 2.05) is 30.5 Å². The minimum absolute atomic E-state index is 0.0260. The van der Waals surface area contributed by atoms with Gasteiger partial charge in [0.2, 0.25) is 0 Å². The van der Waals surface area contributed by atoms with Gasteiger partial charge < -0.3 is 15.2 Å². The molecule has 2 N–H and O–H groups in total. The number of rotatable bonds is 7. The fourth-order valence-electron chi connectivity index (χ4n) is 2.00. The highest BCUT2D eigenvalue weighted by Crippen LogP contribution is 2.26. The molecule has 0 bridgehead atoms. The molecule has 0 saturated heterocycles. The number of para-hydroxylation sites is 1. The van der Waals surface area contributed by atoms with Gasteiger partial charge in [0.1, 0.15) is 12.4 Å². The molecular weight excluding hydrogens is 296 g/mol. The van der Waals surface area contributed by atoms with Gasteiger partial charge >= 0.3 is 0 Å². The molecule has 120 valence electrons. The van der Waals surface area contributed by atoms with Crippen LogP contribution in [0, 0.1) is 0 Å². The van der Waals surface area contributed by atoms with Gasteiger partial charge in [0.05, 0.1) is 11.6 Å². The summed E-state index contributed by atoms with van der Waals surface area (Å²) in [5.41, 5.74) is 1.20. The standard InChI is InChI=1S/C17H24N2O2S/c1-17(2,3)16-19-12-14(22-16)11-18-10-13-6-4-5-7-15(13)21-9-8-20/h4-7,12,18,20H,8-11H2,1-3H3. The van der Waals surface area contributed by atoms with Crippen molar-refractivity contribution in [2.75, 3.05) is 13.2 Å². The smallest absolute Gasteiger partial charge is 0.123 e. The third-order valence-corrected chi connectivity index (χ3v) is 4.55. The summed E-state index contributed by atoms with van der Waals surface area (Å²) >= 11 is 1.76. The Balaban J connectivity index is 1.90. The lowest BCUT2D eigenvalue weighted by Crippen LogP contribution is -2.13. The first kappa shape index (κ1) is 16.9. The second-order valence-corrected chi connectivity index (χ2v) is 7.28. The molecule has 1 aromatic carbocycles. The molecule has 1 heterocycles. The van der Waals surface area contributed by atoms with Crippen LogP contribution in [0.1, 0.15) is 36.2 Å². The molecule has 4 nitrogen and oxygen atoms in total. The van der Waals surface area contributed by atoms with Crippen molar-refractivity contribution in [3.63, 3.8) is 0 Å². The van der Waals surface area contributed by atoms with Crippen LogP contribution in [0.4, 0.5) is 0 Å². The predicted molar refractivity (Wildman–Crippen MR) is 90.4 cm³/mol. The molecular formula is C17H24N2O2S. The van der Waals surface area contributed by atoms with Crippen LogP contribution in [0.25, 0.3) is 0 Å². The zero-order valence-electron chi connectivity index (χ0n) is 13.4. The van der Waals surface area contributed by atoms with Gasteiger partial charge in [-0.2, -0.15) is 0 Å². The van der Waals surface area contributed by atoms with Crippen molar-refractivity contribution in [1.29, 1.82) is 0 Å². The van der Waals surface area contributed by atoms with Crippen LogP contribution in [0.5, 0.6) is 5.75 Å². The maximum atomic E-state index is 8.86. The first-order valence-corrected chi connectivity index (χ1v) is 8.30. The average Bonchev–Trinajstić information content (AvgIpc) is 2.95. The van der Waals surface area contributed by atoms with E-state index < -0.39 is 0 Å². The van der Waals surface area contributed by atoms with Crippen LogP contribution in [0.15, 0.2) is 30.5 Å². The van der Waals surface area contributed by atoms with Crippen molar-refractivity contribution in [1.82, 2.24) is 10.3 Å². The van der Waals surface area contributed by atoms with Crippen LogP contribution >= 0.6 is 11.3 Å². The van der Waals surface area contributed by atoms with Crippen molar-refractivity contribution in [2.24, 2.45) is 0 Å². The number of ether oxygens (including phenoxy) is 1. The molecule has 0 radical (unpaired) electrons. The lowest BCUT2D eigenvalue weighted by molar-refractivity contribution is 0.200. The predicted octanol–water partition coefficient (Wildman–Crippen LogP) is 3.10. The Morgan fingerprint density at radius 3 is 2.68 bits per heavy atom. The third-order valence-electron chi connectivity index (χ3n) is 3.13. The summed E-state index contributed by atoms with van der Waals surface area (Å²) in [6.45, 7) is 8.40. The number of benzene rings is 1. The van der Waals surface area contributed by atoms with Crippen LogP contribution in [-0.4, -0.2) is 23.3 Å². The molecule has 22 heavy (non-hydrogen) atoms. The van der Waals surface area contributed by atoms with Gasteiger partial charge in [0, 0.05) is 35.1 Å². The topological polar surface area (TPSA) is 54.4 Å². The molecule has 2 rings (SSSR count). The van der Waals surface area contributed by atoms with Gasteiger partial charge in [-0.15, -0.1) is 11.3 Å². The summed E-state index contributed by atoms with van der Waals surface area (Å²) in [5, 5.41) is 13.5. The summed E-state index contributed by atoms with van der Waals surface area (Å²) in [7, 11) is 0. The Morgan fingerprint density at radius 2 is 2.00 bits per heavy atom. The van der Waals surface area contributed by atoms with Gasteiger partial charge in [-0.3, -0.25) is 0 Å². The van der Waals surface area contributed by atoms with Gasteiger partial charge in [0.25, 0.3) is 0 Å². The van der Waals surface area contributed by atoms with E-state index in [0.717, 1.165) is 29.4 Å². The van der Waals surface area contributed by atoms with E-state index in [9.17, 15) is 0 Å². The lowest BCUT2D eigenvalue weighted by atomic mass is 9.98. The Morgan fingerprint density at radius 1 is 1.23 bits per heavy atom. The summed E-state index contributed by atoms with van der Waals surface area (Å²) in [6, 6.07) is 7.90. The van der Waals surface area contributed by atoms with Gasteiger partial charge in [-0.25, -0.2) is 4.98 Å². The van der Waals surface area contributed by atoms with E-state index in [1.54, 1.807) is 11.3 Å². The number of nitrogens with zero attached hydrogens (tertiary/aromatic N) is 1. The zero-order valence-corrected chi connectivity index (χ0v) is 14.2. The molecule has 0 unspecified atom stereocenters. The molecule has 0 aliphatic carbocycles. The number of thiazole rings is 1. The molecule has 0 aliphatic heterocycles. The van der Waals surface area contributed by atoms with E-state index in [0.29, 0.717) is 6.61 Å². The van der Waals surface area contributed by atoms with E-state index in [-0.39, 0.29) is 12.0 Å². The number of aromatic nitrogens is 1. The number of hydrogen-bond acceptors (Lipinski definition) is 5. The van der Waals surface area contributed by atoms with Gasteiger partial charge in [-0.1, -0.05) is 39.0 Å². The molecule has 0 aliphatic rings. The Kier molecular flexibility index (Phi) is 5.94. The van der Waals surface area contributed by atoms with Crippen molar-refractivity contribution >= 4 is 11.3 Å². The molecule has 5 heteroatoms. The lowest BCUT2D eigenvalue weighted by Gasteiger charge is -2.13. The number of nitrogens with one attached hydrogen (secondary N) is 1. The molecule has 0 saturated carbocycles. The van der Waals surface area contributed by atoms with Crippen LogP contribution < -0.4 is 10.1 Å².